The number of methoxy groups -OCH3 is 1. The summed E-state index contributed by atoms with van der Waals surface area (Å²) in [5.74, 6) is -1.52. The second-order valence-electron chi connectivity index (χ2n) is 5.78. The molecule has 0 fully saturated rings. The van der Waals surface area contributed by atoms with E-state index in [0.29, 0.717) is 5.56 Å². The molecule has 0 aliphatic rings. The highest BCUT2D eigenvalue weighted by atomic mass is 35.5. The summed E-state index contributed by atoms with van der Waals surface area (Å²) in [6, 6.07) is 8.46. The van der Waals surface area contributed by atoms with Crippen LogP contribution in [-0.2, 0) is 9.59 Å². The summed E-state index contributed by atoms with van der Waals surface area (Å²) in [4.78, 5) is 23.1. The van der Waals surface area contributed by atoms with Crippen LogP contribution in [0.4, 0.5) is 0 Å². The fourth-order valence-electron chi connectivity index (χ4n) is 2.42. The quantitative estimate of drug-likeness (QED) is 0.542. The van der Waals surface area contributed by atoms with Crippen LogP contribution in [0.1, 0.15) is 17.0 Å². The van der Waals surface area contributed by atoms with Gasteiger partial charge in [0.2, 0.25) is 0 Å². The van der Waals surface area contributed by atoms with Crippen molar-refractivity contribution in [2.75, 3.05) is 19.1 Å². The van der Waals surface area contributed by atoms with Gasteiger partial charge in [0.15, 0.2) is 18.1 Å². The molecule has 0 atom stereocenters. The van der Waals surface area contributed by atoms with Crippen LogP contribution in [-0.4, -0.2) is 35.4 Å². The number of nitriles is 1. The normalized spacial score (nSPS) is 10.9. The molecule has 0 aliphatic heterocycles. The molecule has 8 nitrogen and oxygen atoms in total. The lowest BCUT2D eigenvalue weighted by Crippen LogP contribution is -2.25. The standard InChI is InChI=1S/C19H18ClN3O5/c1-11-4-5-12(2)23(11)22-19(26)14(9-21)6-13-7-15(20)18(16(8-13)27-3)28-10-17(24)25/h4-8H,10H2,1-3H3,(H,22,26)(H,24,25)/b14-6-. The number of benzene rings is 1. The number of carboxylic acid groups (broad SMARTS) is 1. The Bertz CT molecular complexity index is 969. The lowest BCUT2D eigenvalue weighted by atomic mass is 10.1. The number of aromatic nitrogens is 1. The number of amides is 1. The van der Waals surface area contributed by atoms with Gasteiger partial charge >= 0.3 is 5.97 Å². The Morgan fingerprint density at radius 1 is 1.32 bits per heavy atom. The Morgan fingerprint density at radius 3 is 2.50 bits per heavy atom. The van der Waals surface area contributed by atoms with Gasteiger partial charge in [-0.1, -0.05) is 11.6 Å². The van der Waals surface area contributed by atoms with Crippen LogP contribution in [0.15, 0.2) is 29.8 Å². The SMILES string of the molecule is COc1cc(/C=C(/C#N)C(=O)Nn2c(C)ccc2C)cc(Cl)c1OCC(=O)O. The van der Waals surface area contributed by atoms with Crippen molar-refractivity contribution in [3.05, 3.63) is 51.8 Å². The maximum absolute atomic E-state index is 12.5. The van der Waals surface area contributed by atoms with Crippen molar-refractivity contribution in [3.63, 3.8) is 0 Å². The van der Waals surface area contributed by atoms with Crippen LogP contribution in [0.2, 0.25) is 5.02 Å². The number of aryl methyl sites for hydroxylation is 2. The van der Waals surface area contributed by atoms with Crippen molar-refractivity contribution in [2.45, 2.75) is 13.8 Å². The second-order valence-corrected chi connectivity index (χ2v) is 6.19. The van der Waals surface area contributed by atoms with E-state index < -0.39 is 18.5 Å². The smallest absolute Gasteiger partial charge is 0.341 e. The fourth-order valence-corrected chi connectivity index (χ4v) is 2.69. The van der Waals surface area contributed by atoms with Crippen LogP contribution >= 0.6 is 11.6 Å². The van der Waals surface area contributed by atoms with E-state index in [0.717, 1.165) is 11.4 Å². The van der Waals surface area contributed by atoms with Crippen LogP contribution in [0.5, 0.6) is 11.5 Å². The molecule has 2 aromatic rings. The van der Waals surface area contributed by atoms with Crippen molar-refractivity contribution in [1.82, 2.24) is 4.68 Å². The molecule has 1 aromatic carbocycles. The van der Waals surface area contributed by atoms with Crippen LogP contribution < -0.4 is 14.9 Å². The van der Waals surface area contributed by atoms with Crippen LogP contribution in [0.3, 0.4) is 0 Å². The molecular weight excluding hydrogens is 386 g/mol. The zero-order valence-corrected chi connectivity index (χ0v) is 16.2. The van der Waals surface area contributed by atoms with Crippen LogP contribution in [0.25, 0.3) is 6.08 Å². The molecule has 28 heavy (non-hydrogen) atoms. The van der Waals surface area contributed by atoms with Gasteiger partial charge in [-0.15, -0.1) is 0 Å². The van der Waals surface area contributed by atoms with Crippen molar-refractivity contribution < 1.29 is 24.2 Å². The zero-order chi connectivity index (χ0) is 20.8. The molecule has 0 aliphatic carbocycles. The maximum atomic E-state index is 12.5. The van der Waals surface area contributed by atoms with Crippen molar-refractivity contribution in [3.8, 4) is 17.6 Å². The first-order valence-electron chi connectivity index (χ1n) is 8.07. The minimum Gasteiger partial charge on any atom is -0.493 e. The van der Waals surface area contributed by atoms with Gasteiger partial charge in [-0.05, 0) is 49.8 Å². The summed E-state index contributed by atoms with van der Waals surface area (Å²) in [5, 5.41) is 18.2. The summed E-state index contributed by atoms with van der Waals surface area (Å²) < 4.78 is 11.9. The topological polar surface area (TPSA) is 114 Å². The Morgan fingerprint density at radius 2 is 1.96 bits per heavy atom. The van der Waals surface area contributed by atoms with Gasteiger partial charge in [0, 0.05) is 11.4 Å². The van der Waals surface area contributed by atoms with E-state index in [1.807, 2.05) is 32.0 Å². The third-order valence-corrected chi connectivity index (χ3v) is 4.03. The fraction of sp³-hybridized carbons (Fsp3) is 0.211. The van der Waals surface area contributed by atoms with Gasteiger partial charge in [-0.2, -0.15) is 5.26 Å². The van der Waals surface area contributed by atoms with E-state index in [1.165, 1.54) is 25.3 Å². The molecule has 0 spiro atoms. The molecular formula is C19H18ClN3O5. The third-order valence-electron chi connectivity index (χ3n) is 3.75. The molecule has 0 unspecified atom stereocenters. The number of nitrogens with one attached hydrogen (secondary N) is 1. The average molecular weight is 404 g/mol. The zero-order valence-electron chi connectivity index (χ0n) is 15.4. The number of aliphatic carboxylic acids is 1. The lowest BCUT2D eigenvalue weighted by Gasteiger charge is -2.13. The summed E-state index contributed by atoms with van der Waals surface area (Å²) in [7, 11) is 1.36. The molecule has 1 heterocycles. The Hall–Kier alpha value is -3.44. The predicted molar refractivity (Wildman–Crippen MR) is 103 cm³/mol. The number of carbonyl (C=O) groups is 2. The summed E-state index contributed by atoms with van der Waals surface area (Å²) in [5.41, 5.74) is 4.54. The van der Waals surface area contributed by atoms with Crippen molar-refractivity contribution in [1.29, 1.82) is 5.26 Å². The Labute approximate surface area is 166 Å². The lowest BCUT2D eigenvalue weighted by molar-refractivity contribution is -0.139. The minimum absolute atomic E-state index is 0.0604. The molecule has 9 heteroatoms. The van der Waals surface area contributed by atoms with E-state index in [-0.39, 0.29) is 22.1 Å². The van der Waals surface area contributed by atoms with Crippen molar-refractivity contribution >= 4 is 29.6 Å². The maximum Gasteiger partial charge on any atom is 0.341 e. The number of hydrogen-bond acceptors (Lipinski definition) is 5. The monoisotopic (exact) mass is 403 g/mol. The van der Waals surface area contributed by atoms with Gasteiger partial charge in [0.25, 0.3) is 5.91 Å². The van der Waals surface area contributed by atoms with E-state index in [9.17, 15) is 14.9 Å². The largest absolute Gasteiger partial charge is 0.493 e. The Kier molecular flexibility index (Phi) is 6.69. The van der Waals surface area contributed by atoms with Gasteiger partial charge in [0.05, 0.1) is 12.1 Å². The highest BCUT2D eigenvalue weighted by Crippen LogP contribution is 2.37. The van der Waals surface area contributed by atoms with E-state index in [4.69, 9.17) is 26.2 Å². The summed E-state index contributed by atoms with van der Waals surface area (Å²) in [6.45, 7) is 3.06. The minimum atomic E-state index is -1.17. The number of nitrogens with zero attached hydrogens (tertiary/aromatic N) is 2. The molecule has 0 saturated carbocycles. The Balaban J connectivity index is 2.33. The first kappa shape index (κ1) is 20.9. The molecule has 0 radical (unpaired) electrons. The molecule has 146 valence electrons. The highest BCUT2D eigenvalue weighted by Gasteiger charge is 2.16. The van der Waals surface area contributed by atoms with Crippen LogP contribution in [0, 0.1) is 25.2 Å². The van der Waals surface area contributed by atoms with Crippen molar-refractivity contribution in [2.24, 2.45) is 0 Å². The number of carbonyl (C=O) groups excluding carboxylic acids is 1. The molecule has 0 bridgehead atoms. The number of ether oxygens (including phenoxy) is 2. The number of halogens is 1. The predicted octanol–water partition coefficient (Wildman–Crippen LogP) is 2.91. The molecule has 0 saturated heterocycles. The summed E-state index contributed by atoms with van der Waals surface area (Å²) in [6.07, 6.45) is 1.35. The van der Waals surface area contributed by atoms with E-state index in [2.05, 4.69) is 5.43 Å². The van der Waals surface area contributed by atoms with Gasteiger partial charge in [-0.25, -0.2) is 4.79 Å². The summed E-state index contributed by atoms with van der Waals surface area (Å²) >= 11 is 6.14. The average Bonchev–Trinajstić information content (AvgIpc) is 2.96. The molecule has 2 N–H and O–H groups in total. The first-order valence-corrected chi connectivity index (χ1v) is 8.44. The van der Waals surface area contributed by atoms with Gasteiger partial charge in [0.1, 0.15) is 11.6 Å². The number of carboxylic acids is 1. The number of hydrogen-bond donors (Lipinski definition) is 2. The third kappa shape index (κ3) is 4.84. The van der Waals surface area contributed by atoms with E-state index >= 15 is 0 Å². The molecule has 1 amide bonds. The van der Waals surface area contributed by atoms with Gasteiger partial charge < -0.3 is 14.6 Å². The second kappa shape index (κ2) is 8.97. The molecule has 1 aromatic heterocycles. The number of rotatable bonds is 7. The highest BCUT2D eigenvalue weighted by molar-refractivity contribution is 6.32. The van der Waals surface area contributed by atoms with Gasteiger partial charge in [-0.3, -0.25) is 14.9 Å². The first-order chi connectivity index (χ1) is 13.3. The van der Waals surface area contributed by atoms with E-state index in [1.54, 1.807) is 4.68 Å². The molecule has 2 rings (SSSR count).